The number of nitrogens with one attached hydrogen (secondary N) is 1. The van der Waals surface area contributed by atoms with Crippen molar-refractivity contribution in [2.24, 2.45) is 0 Å². The second-order valence-electron chi connectivity index (χ2n) is 5.79. The average molecular weight is 488 g/mol. The first-order chi connectivity index (χ1) is 14.6. The number of H-pyrrole nitrogens is 1. The minimum Gasteiger partial charge on any atom is -0.462 e. The topological polar surface area (TPSA) is 105 Å². The van der Waals surface area contributed by atoms with Crippen LogP contribution in [0.3, 0.4) is 0 Å². The molecule has 1 N–H and O–H groups in total. The molecule has 0 aliphatic rings. The number of hydrogen-bond donors (Lipinski definition) is 1. The fourth-order valence-corrected chi connectivity index (χ4v) is 3.71. The molecule has 0 aliphatic heterocycles. The van der Waals surface area contributed by atoms with E-state index in [0.717, 1.165) is 6.07 Å². The van der Waals surface area contributed by atoms with E-state index in [1.54, 1.807) is 18.2 Å². The molecule has 0 unspecified atom stereocenters. The minimum absolute atomic E-state index is 0.00731. The van der Waals surface area contributed by atoms with E-state index in [-0.39, 0.29) is 28.2 Å². The molecular weight excluding hydrogens is 478 g/mol. The zero-order valence-electron chi connectivity index (χ0n) is 15.4. The Morgan fingerprint density at radius 2 is 1.90 bits per heavy atom. The van der Waals surface area contributed by atoms with Crippen molar-refractivity contribution >= 4 is 40.9 Å². The van der Waals surface area contributed by atoms with Crippen LogP contribution < -0.4 is 0 Å². The lowest BCUT2D eigenvalue weighted by molar-refractivity contribution is -0.142. The smallest absolute Gasteiger partial charge is 0.434 e. The fourth-order valence-electron chi connectivity index (χ4n) is 2.43. The Morgan fingerprint density at radius 3 is 2.48 bits per heavy atom. The number of rotatable bonds is 5. The molecule has 0 amide bonds. The summed E-state index contributed by atoms with van der Waals surface area (Å²) in [6.45, 7) is 1.31. The standard InChI is InChI=1S/C18H10Cl2F3N5O2S/c1-2-30-16(29)12-5-9(7-24)15(25-13(12)18(21,22)23)31-17-26-14(27-28-17)8-3-10(19)6-11(20)4-8/h3-6H,2H2,1H3,(H,26,27,28). The van der Waals surface area contributed by atoms with Crippen molar-refractivity contribution in [1.82, 2.24) is 20.2 Å². The van der Waals surface area contributed by atoms with Crippen LogP contribution >= 0.6 is 35.0 Å². The fraction of sp³-hybridized carbons (Fsp3) is 0.167. The lowest BCUT2D eigenvalue weighted by Gasteiger charge is -2.13. The third-order valence-electron chi connectivity index (χ3n) is 3.66. The van der Waals surface area contributed by atoms with Gasteiger partial charge in [-0.25, -0.2) is 14.8 Å². The van der Waals surface area contributed by atoms with Crippen molar-refractivity contribution in [3.63, 3.8) is 0 Å². The van der Waals surface area contributed by atoms with Gasteiger partial charge in [-0.05, 0) is 43.0 Å². The summed E-state index contributed by atoms with van der Waals surface area (Å²) in [6, 6.07) is 7.17. The molecule has 31 heavy (non-hydrogen) atoms. The first-order valence-electron chi connectivity index (χ1n) is 8.38. The number of nitrogens with zero attached hydrogens (tertiary/aromatic N) is 4. The molecule has 160 valence electrons. The number of aromatic nitrogens is 4. The number of benzene rings is 1. The molecule has 3 aromatic rings. The summed E-state index contributed by atoms with van der Waals surface area (Å²) in [4.78, 5) is 19.6. The number of alkyl halides is 3. The Balaban J connectivity index is 2.01. The second kappa shape index (κ2) is 9.13. The SMILES string of the molecule is CCOC(=O)c1cc(C#N)c(Sc2n[nH]c(-c3cc(Cl)cc(Cl)c3)n2)nc1C(F)(F)F. The van der Waals surface area contributed by atoms with E-state index in [0.29, 0.717) is 27.4 Å². The van der Waals surface area contributed by atoms with Gasteiger partial charge < -0.3 is 4.74 Å². The zero-order valence-corrected chi connectivity index (χ0v) is 17.7. The zero-order chi connectivity index (χ0) is 22.8. The highest BCUT2D eigenvalue weighted by molar-refractivity contribution is 7.99. The number of halogens is 5. The maximum Gasteiger partial charge on any atom is 0.434 e. The summed E-state index contributed by atoms with van der Waals surface area (Å²) in [6.07, 6.45) is -4.95. The molecule has 1 aromatic carbocycles. The molecule has 0 saturated carbocycles. The summed E-state index contributed by atoms with van der Waals surface area (Å²) in [5, 5.41) is 16.3. The van der Waals surface area contributed by atoms with Gasteiger partial charge in [-0.3, -0.25) is 5.10 Å². The Hall–Kier alpha value is -2.81. The van der Waals surface area contributed by atoms with Crippen LogP contribution in [0.1, 0.15) is 28.5 Å². The number of carbonyl (C=O) groups is 1. The van der Waals surface area contributed by atoms with Crippen LogP contribution in [0.25, 0.3) is 11.4 Å². The summed E-state index contributed by atoms with van der Waals surface area (Å²) in [5.41, 5.74) is -2.08. The van der Waals surface area contributed by atoms with Gasteiger partial charge >= 0.3 is 12.1 Å². The third kappa shape index (κ3) is 5.28. The van der Waals surface area contributed by atoms with Gasteiger partial charge in [0.2, 0.25) is 5.16 Å². The quantitative estimate of drug-likeness (QED) is 0.480. The van der Waals surface area contributed by atoms with E-state index in [1.807, 2.05) is 0 Å². The predicted molar refractivity (Wildman–Crippen MR) is 106 cm³/mol. The molecule has 0 aliphatic carbocycles. The number of nitriles is 1. The van der Waals surface area contributed by atoms with E-state index >= 15 is 0 Å². The van der Waals surface area contributed by atoms with Gasteiger partial charge in [-0.2, -0.15) is 18.4 Å². The minimum atomic E-state index is -4.95. The molecule has 13 heteroatoms. The first-order valence-corrected chi connectivity index (χ1v) is 9.95. The maximum absolute atomic E-state index is 13.5. The van der Waals surface area contributed by atoms with E-state index in [1.165, 1.54) is 13.0 Å². The number of ether oxygens (including phenoxy) is 1. The van der Waals surface area contributed by atoms with Gasteiger partial charge in [-0.1, -0.05) is 23.2 Å². The molecule has 7 nitrogen and oxygen atoms in total. The highest BCUT2D eigenvalue weighted by atomic mass is 35.5. The van der Waals surface area contributed by atoms with Gasteiger partial charge in [0.1, 0.15) is 11.1 Å². The summed E-state index contributed by atoms with van der Waals surface area (Å²) in [5.74, 6) is -0.974. The lowest BCUT2D eigenvalue weighted by atomic mass is 10.1. The average Bonchev–Trinajstić information content (AvgIpc) is 3.15. The molecule has 0 spiro atoms. The molecule has 0 fully saturated rings. The number of carbonyl (C=O) groups excluding carboxylic acids is 1. The van der Waals surface area contributed by atoms with E-state index in [9.17, 15) is 23.2 Å². The van der Waals surface area contributed by atoms with Crippen LogP contribution in [0.2, 0.25) is 10.0 Å². The van der Waals surface area contributed by atoms with Crippen molar-refractivity contribution in [3.8, 4) is 17.5 Å². The predicted octanol–water partition coefficient (Wildman–Crippen LogP) is 5.39. The van der Waals surface area contributed by atoms with Crippen molar-refractivity contribution in [2.75, 3.05) is 6.61 Å². The van der Waals surface area contributed by atoms with Crippen LogP contribution in [0.4, 0.5) is 13.2 Å². The van der Waals surface area contributed by atoms with Crippen molar-refractivity contribution in [3.05, 3.63) is 51.1 Å². The maximum atomic E-state index is 13.5. The molecule has 0 saturated heterocycles. The van der Waals surface area contributed by atoms with Crippen molar-refractivity contribution in [2.45, 2.75) is 23.3 Å². The second-order valence-corrected chi connectivity index (χ2v) is 7.62. The van der Waals surface area contributed by atoms with Crippen LogP contribution in [0, 0.1) is 11.3 Å². The van der Waals surface area contributed by atoms with E-state index in [4.69, 9.17) is 23.2 Å². The van der Waals surface area contributed by atoms with Crippen LogP contribution in [-0.2, 0) is 10.9 Å². The molecular formula is C18H10Cl2F3N5O2S. The Morgan fingerprint density at radius 1 is 1.23 bits per heavy atom. The highest BCUT2D eigenvalue weighted by Crippen LogP contribution is 2.36. The van der Waals surface area contributed by atoms with E-state index < -0.39 is 23.4 Å². The summed E-state index contributed by atoms with van der Waals surface area (Å²) < 4.78 is 45.1. The number of hydrogen-bond acceptors (Lipinski definition) is 7. The van der Waals surface area contributed by atoms with E-state index in [2.05, 4.69) is 24.9 Å². The monoisotopic (exact) mass is 487 g/mol. The largest absolute Gasteiger partial charge is 0.462 e. The molecule has 0 radical (unpaired) electrons. The Bertz CT molecular complexity index is 1170. The Kier molecular flexibility index (Phi) is 6.74. The number of pyridine rings is 1. The third-order valence-corrected chi connectivity index (χ3v) is 4.97. The Labute approximate surface area is 187 Å². The van der Waals surface area contributed by atoms with Gasteiger partial charge in [0.05, 0.1) is 17.7 Å². The van der Waals surface area contributed by atoms with Gasteiger partial charge in [-0.15, -0.1) is 5.10 Å². The lowest BCUT2D eigenvalue weighted by Crippen LogP contribution is -2.18. The summed E-state index contributed by atoms with van der Waals surface area (Å²) in [7, 11) is 0. The normalized spacial score (nSPS) is 11.3. The first kappa shape index (κ1) is 22.9. The molecule has 2 heterocycles. The molecule has 2 aromatic heterocycles. The van der Waals surface area contributed by atoms with Crippen LogP contribution in [0.5, 0.6) is 0 Å². The molecule has 0 bridgehead atoms. The van der Waals surface area contributed by atoms with Gasteiger partial charge in [0.25, 0.3) is 0 Å². The van der Waals surface area contributed by atoms with Crippen LogP contribution in [0.15, 0.2) is 34.4 Å². The van der Waals surface area contributed by atoms with Gasteiger partial charge in [0.15, 0.2) is 11.5 Å². The molecule has 0 atom stereocenters. The summed E-state index contributed by atoms with van der Waals surface area (Å²) >= 11 is 12.5. The van der Waals surface area contributed by atoms with Crippen LogP contribution in [-0.4, -0.2) is 32.7 Å². The van der Waals surface area contributed by atoms with Gasteiger partial charge in [0, 0.05) is 15.6 Å². The van der Waals surface area contributed by atoms with Crippen molar-refractivity contribution in [1.29, 1.82) is 5.26 Å². The number of aromatic amines is 1. The molecule has 3 rings (SSSR count). The number of esters is 1. The van der Waals surface area contributed by atoms with Crippen molar-refractivity contribution < 1.29 is 22.7 Å². The highest BCUT2D eigenvalue weighted by Gasteiger charge is 2.39.